The van der Waals surface area contributed by atoms with Crippen LogP contribution in [-0.4, -0.2) is 4.98 Å². The van der Waals surface area contributed by atoms with Crippen LogP contribution in [0.2, 0.25) is 0 Å². The Morgan fingerprint density at radius 1 is 1.06 bits per heavy atom. The lowest BCUT2D eigenvalue weighted by molar-refractivity contribution is 0.411. The Labute approximate surface area is 110 Å². The molecule has 1 nitrogen and oxygen atoms in total. The number of benzene rings is 1. The molecule has 2 aromatic rings. The highest BCUT2D eigenvalue weighted by Gasteiger charge is 2.11. The standard InChI is InChI=1S/C17H21N/c1-13-8-9-16(18-12-13)15-7-5-6-14(10-15)11-17(2,3)4/h5-10,12H,11H2,1-4H3. The van der Waals surface area contributed by atoms with Crippen molar-refractivity contribution in [3.8, 4) is 11.3 Å². The Bertz CT molecular complexity index is 518. The van der Waals surface area contributed by atoms with Gasteiger partial charge < -0.3 is 0 Å². The third-order valence-corrected chi connectivity index (χ3v) is 2.87. The number of aryl methyl sites for hydroxylation is 1. The maximum Gasteiger partial charge on any atom is 0.0702 e. The molecule has 1 heterocycles. The summed E-state index contributed by atoms with van der Waals surface area (Å²) in [5, 5.41) is 0. The van der Waals surface area contributed by atoms with Crippen molar-refractivity contribution in [2.45, 2.75) is 34.1 Å². The molecule has 1 heteroatoms. The smallest absolute Gasteiger partial charge is 0.0702 e. The number of aromatic nitrogens is 1. The highest BCUT2D eigenvalue weighted by molar-refractivity contribution is 5.60. The van der Waals surface area contributed by atoms with E-state index in [2.05, 4.69) is 69.1 Å². The lowest BCUT2D eigenvalue weighted by atomic mass is 9.87. The first kappa shape index (κ1) is 12.8. The van der Waals surface area contributed by atoms with Crippen LogP contribution in [0.25, 0.3) is 11.3 Å². The summed E-state index contributed by atoms with van der Waals surface area (Å²) in [6.45, 7) is 8.87. The van der Waals surface area contributed by atoms with Gasteiger partial charge in [0.1, 0.15) is 0 Å². The van der Waals surface area contributed by atoms with Crippen molar-refractivity contribution in [3.63, 3.8) is 0 Å². The van der Waals surface area contributed by atoms with Gasteiger partial charge in [0, 0.05) is 11.8 Å². The van der Waals surface area contributed by atoms with Crippen LogP contribution in [-0.2, 0) is 6.42 Å². The lowest BCUT2D eigenvalue weighted by Gasteiger charge is -2.18. The SMILES string of the molecule is Cc1ccc(-c2cccc(CC(C)(C)C)c2)nc1. The monoisotopic (exact) mass is 239 g/mol. The molecule has 1 aromatic heterocycles. The summed E-state index contributed by atoms with van der Waals surface area (Å²) in [5.74, 6) is 0. The van der Waals surface area contributed by atoms with E-state index in [0.717, 1.165) is 12.1 Å². The van der Waals surface area contributed by atoms with E-state index in [1.54, 1.807) is 0 Å². The first-order chi connectivity index (χ1) is 8.44. The van der Waals surface area contributed by atoms with Gasteiger partial charge in [-0.25, -0.2) is 0 Å². The fourth-order valence-electron chi connectivity index (χ4n) is 2.09. The molecule has 0 amide bonds. The predicted molar refractivity (Wildman–Crippen MR) is 77.6 cm³/mol. The van der Waals surface area contributed by atoms with Crippen molar-refractivity contribution in [1.82, 2.24) is 4.98 Å². The van der Waals surface area contributed by atoms with Gasteiger partial charge in [-0.1, -0.05) is 45.0 Å². The molecule has 0 spiro atoms. The first-order valence-electron chi connectivity index (χ1n) is 6.46. The van der Waals surface area contributed by atoms with E-state index in [1.165, 1.54) is 16.7 Å². The molecule has 0 saturated heterocycles. The van der Waals surface area contributed by atoms with Gasteiger partial charge in [0.05, 0.1) is 5.69 Å². The lowest BCUT2D eigenvalue weighted by Crippen LogP contribution is -2.09. The molecule has 1 aromatic carbocycles. The molecule has 18 heavy (non-hydrogen) atoms. The highest BCUT2D eigenvalue weighted by Crippen LogP contribution is 2.24. The minimum atomic E-state index is 0.319. The molecule has 0 bridgehead atoms. The van der Waals surface area contributed by atoms with Crippen LogP contribution in [0.1, 0.15) is 31.9 Å². The van der Waals surface area contributed by atoms with Crippen molar-refractivity contribution < 1.29 is 0 Å². The van der Waals surface area contributed by atoms with Crippen LogP contribution in [0, 0.1) is 12.3 Å². The number of pyridine rings is 1. The summed E-state index contributed by atoms with van der Waals surface area (Å²) in [6, 6.07) is 12.9. The van der Waals surface area contributed by atoms with E-state index in [1.807, 2.05) is 6.20 Å². The van der Waals surface area contributed by atoms with Crippen molar-refractivity contribution >= 4 is 0 Å². The molecule has 0 N–H and O–H groups in total. The molecule has 0 aliphatic rings. The van der Waals surface area contributed by atoms with E-state index in [-0.39, 0.29) is 0 Å². The summed E-state index contributed by atoms with van der Waals surface area (Å²) in [7, 11) is 0. The molecule has 0 aliphatic carbocycles. The first-order valence-corrected chi connectivity index (χ1v) is 6.46. The molecule has 0 radical (unpaired) electrons. The Balaban J connectivity index is 2.29. The second kappa shape index (κ2) is 4.93. The van der Waals surface area contributed by atoms with Crippen molar-refractivity contribution in [2.24, 2.45) is 5.41 Å². The molecular formula is C17H21N. The Hall–Kier alpha value is -1.63. The van der Waals surface area contributed by atoms with Gasteiger partial charge in [0.15, 0.2) is 0 Å². The maximum absolute atomic E-state index is 4.49. The fraction of sp³-hybridized carbons (Fsp3) is 0.353. The second-order valence-electron chi connectivity index (χ2n) is 6.16. The van der Waals surface area contributed by atoms with Crippen LogP contribution < -0.4 is 0 Å². The largest absolute Gasteiger partial charge is 0.256 e. The molecular weight excluding hydrogens is 218 g/mol. The van der Waals surface area contributed by atoms with E-state index in [0.29, 0.717) is 5.41 Å². The maximum atomic E-state index is 4.49. The van der Waals surface area contributed by atoms with Crippen LogP contribution >= 0.6 is 0 Å². The van der Waals surface area contributed by atoms with Crippen molar-refractivity contribution in [2.75, 3.05) is 0 Å². The van der Waals surface area contributed by atoms with Crippen molar-refractivity contribution in [3.05, 3.63) is 53.7 Å². The van der Waals surface area contributed by atoms with Gasteiger partial charge in [-0.15, -0.1) is 0 Å². The minimum Gasteiger partial charge on any atom is -0.256 e. The summed E-state index contributed by atoms with van der Waals surface area (Å²) < 4.78 is 0. The van der Waals surface area contributed by atoms with Gasteiger partial charge in [0.25, 0.3) is 0 Å². The summed E-state index contributed by atoms with van der Waals surface area (Å²) >= 11 is 0. The van der Waals surface area contributed by atoms with Gasteiger partial charge in [0.2, 0.25) is 0 Å². The Kier molecular flexibility index (Phi) is 3.51. The van der Waals surface area contributed by atoms with Gasteiger partial charge in [-0.2, -0.15) is 0 Å². The third kappa shape index (κ3) is 3.43. The van der Waals surface area contributed by atoms with Crippen LogP contribution in [0.15, 0.2) is 42.6 Å². The summed E-state index contributed by atoms with van der Waals surface area (Å²) in [5.41, 5.74) is 5.15. The predicted octanol–water partition coefficient (Wildman–Crippen LogP) is 4.65. The van der Waals surface area contributed by atoms with E-state index in [4.69, 9.17) is 0 Å². The highest BCUT2D eigenvalue weighted by atomic mass is 14.7. The number of hydrogen-bond acceptors (Lipinski definition) is 1. The summed E-state index contributed by atoms with van der Waals surface area (Å²) in [4.78, 5) is 4.49. The molecule has 94 valence electrons. The van der Waals surface area contributed by atoms with E-state index < -0.39 is 0 Å². The number of hydrogen-bond donors (Lipinski definition) is 0. The number of nitrogens with zero attached hydrogens (tertiary/aromatic N) is 1. The second-order valence-corrected chi connectivity index (χ2v) is 6.16. The average molecular weight is 239 g/mol. The molecule has 0 atom stereocenters. The molecule has 0 saturated carbocycles. The third-order valence-electron chi connectivity index (χ3n) is 2.87. The van der Waals surface area contributed by atoms with Crippen LogP contribution in [0.3, 0.4) is 0 Å². The minimum absolute atomic E-state index is 0.319. The molecule has 0 aliphatic heterocycles. The van der Waals surface area contributed by atoms with E-state index in [9.17, 15) is 0 Å². The fourth-order valence-corrected chi connectivity index (χ4v) is 2.09. The average Bonchev–Trinajstić information content (AvgIpc) is 2.28. The van der Waals surface area contributed by atoms with E-state index >= 15 is 0 Å². The Morgan fingerprint density at radius 2 is 1.83 bits per heavy atom. The topological polar surface area (TPSA) is 12.9 Å². The van der Waals surface area contributed by atoms with Crippen LogP contribution in [0.5, 0.6) is 0 Å². The summed E-state index contributed by atoms with van der Waals surface area (Å²) in [6.07, 6.45) is 3.01. The van der Waals surface area contributed by atoms with Crippen LogP contribution in [0.4, 0.5) is 0 Å². The molecule has 0 unspecified atom stereocenters. The van der Waals surface area contributed by atoms with Gasteiger partial charge >= 0.3 is 0 Å². The zero-order valence-electron chi connectivity index (χ0n) is 11.7. The zero-order valence-corrected chi connectivity index (χ0v) is 11.7. The van der Waals surface area contributed by atoms with Gasteiger partial charge in [-0.3, -0.25) is 4.98 Å². The zero-order chi connectivity index (χ0) is 13.2. The molecule has 0 fully saturated rings. The van der Waals surface area contributed by atoms with Crippen molar-refractivity contribution in [1.29, 1.82) is 0 Å². The number of rotatable bonds is 2. The van der Waals surface area contributed by atoms with Gasteiger partial charge in [-0.05, 0) is 42.0 Å². The quantitative estimate of drug-likeness (QED) is 0.743. The Morgan fingerprint density at radius 3 is 2.44 bits per heavy atom. The normalized spacial score (nSPS) is 11.6. The molecule has 2 rings (SSSR count).